The van der Waals surface area contributed by atoms with E-state index >= 15 is 0 Å². The van der Waals surface area contributed by atoms with E-state index in [4.69, 9.17) is 0 Å². The van der Waals surface area contributed by atoms with Crippen LogP contribution < -0.4 is 5.32 Å². The van der Waals surface area contributed by atoms with E-state index in [0.717, 1.165) is 23.0 Å². The number of aromatic nitrogens is 1. The summed E-state index contributed by atoms with van der Waals surface area (Å²) in [6, 6.07) is 2.49. The molecular weight excluding hydrogens is 264 g/mol. The quantitative estimate of drug-likeness (QED) is 0.892. The first-order valence-electron chi connectivity index (χ1n) is 5.65. The van der Waals surface area contributed by atoms with Crippen molar-refractivity contribution in [1.29, 1.82) is 0 Å². The zero-order chi connectivity index (χ0) is 12.0. The second kappa shape index (κ2) is 6.81. The van der Waals surface area contributed by atoms with Crippen molar-refractivity contribution in [3.63, 3.8) is 0 Å². The summed E-state index contributed by atoms with van der Waals surface area (Å²) in [5.41, 5.74) is 2.46. The molecule has 3 heteroatoms. The number of hydrogen-bond donors (Lipinski definition) is 1. The van der Waals surface area contributed by atoms with Gasteiger partial charge in [-0.1, -0.05) is 18.6 Å². The maximum atomic E-state index is 4.15. The average Bonchev–Trinajstić information content (AvgIpc) is 2.25. The van der Waals surface area contributed by atoms with E-state index in [-0.39, 0.29) is 0 Å². The molecule has 0 radical (unpaired) electrons. The fourth-order valence-electron chi connectivity index (χ4n) is 1.42. The lowest BCUT2D eigenvalue weighted by Crippen LogP contribution is -2.27. The van der Waals surface area contributed by atoms with Crippen LogP contribution in [0.1, 0.15) is 32.8 Å². The first kappa shape index (κ1) is 13.4. The highest BCUT2D eigenvalue weighted by Crippen LogP contribution is 2.13. The Kier molecular flexibility index (Phi) is 5.71. The minimum Gasteiger partial charge on any atom is -0.311 e. The molecule has 16 heavy (non-hydrogen) atoms. The third kappa shape index (κ3) is 4.45. The molecule has 0 aliphatic carbocycles. The molecule has 1 aromatic rings. The molecule has 2 nitrogen and oxygen atoms in total. The number of hydrogen-bond acceptors (Lipinski definition) is 2. The van der Waals surface area contributed by atoms with Crippen molar-refractivity contribution >= 4 is 22.0 Å². The van der Waals surface area contributed by atoms with Crippen LogP contribution >= 0.6 is 15.9 Å². The molecule has 0 spiro atoms. The smallest absolute Gasteiger partial charge is 0.0410 e. The number of pyridine rings is 1. The van der Waals surface area contributed by atoms with Gasteiger partial charge in [0.2, 0.25) is 0 Å². The molecule has 1 atom stereocenters. The van der Waals surface area contributed by atoms with Crippen molar-refractivity contribution < 1.29 is 0 Å². The number of nitrogens with zero attached hydrogens (tertiary/aromatic N) is 1. The summed E-state index contributed by atoms with van der Waals surface area (Å²) >= 11 is 3.42. The highest BCUT2D eigenvalue weighted by atomic mass is 79.9. The van der Waals surface area contributed by atoms with Crippen LogP contribution in [0.2, 0.25) is 0 Å². The van der Waals surface area contributed by atoms with Crippen LogP contribution in [0.25, 0.3) is 6.08 Å². The normalized spacial score (nSPS) is 13.9. The van der Waals surface area contributed by atoms with Crippen LogP contribution in [0.5, 0.6) is 0 Å². The van der Waals surface area contributed by atoms with Crippen molar-refractivity contribution in [3.8, 4) is 0 Å². The highest BCUT2D eigenvalue weighted by Gasteiger charge is 2.02. The molecule has 1 N–H and O–H groups in total. The molecular formula is C13H19BrN2. The fourth-order valence-corrected chi connectivity index (χ4v) is 1.80. The van der Waals surface area contributed by atoms with Gasteiger partial charge in [-0.05, 0) is 54.4 Å². The average molecular weight is 283 g/mol. The Bertz CT molecular complexity index is 361. The molecule has 0 aromatic carbocycles. The second-order valence-electron chi connectivity index (χ2n) is 4.00. The first-order chi connectivity index (χ1) is 7.63. The standard InChI is InChI=1S/C13H19BrN2/c1-4-5-16-11(3)10(2)6-12-7-13(14)9-15-8-12/h6-9,11,16H,4-5H2,1-3H3/b10-6+. The first-order valence-corrected chi connectivity index (χ1v) is 6.45. The van der Waals surface area contributed by atoms with E-state index in [2.05, 4.69) is 59.1 Å². The molecule has 1 heterocycles. The summed E-state index contributed by atoms with van der Waals surface area (Å²) in [4.78, 5) is 4.15. The Labute approximate surface area is 106 Å². The van der Waals surface area contributed by atoms with Crippen molar-refractivity contribution in [1.82, 2.24) is 10.3 Å². The Morgan fingerprint density at radius 3 is 2.94 bits per heavy atom. The topological polar surface area (TPSA) is 24.9 Å². The van der Waals surface area contributed by atoms with Gasteiger partial charge in [0.1, 0.15) is 0 Å². The van der Waals surface area contributed by atoms with Gasteiger partial charge in [0.05, 0.1) is 0 Å². The van der Waals surface area contributed by atoms with Gasteiger partial charge in [-0.25, -0.2) is 0 Å². The summed E-state index contributed by atoms with van der Waals surface area (Å²) in [6.45, 7) is 7.57. The van der Waals surface area contributed by atoms with E-state index < -0.39 is 0 Å². The van der Waals surface area contributed by atoms with Crippen molar-refractivity contribution in [2.45, 2.75) is 33.2 Å². The zero-order valence-electron chi connectivity index (χ0n) is 10.1. The minimum atomic E-state index is 0.416. The lowest BCUT2D eigenvalue weighted by atomic mass is 10.1. The van der Waals surface area contributed by atoms with Crippen LogP contribution in [0.4, 0.5) is 0 Å². The maximum absolute atomic E-state index is 4.15. The predicted octanol–water partition coefficient (Wildman–Crippen LogP) is 3.64. The molecule has 1 rings (SSSR count). The van der Waals surface area contributed by atoms with Gasteiger partial charge in [-0.3, -0.25) is 4.98 Å². The zero-order valence-corrected chi connectivity index (χ0v) is 11.7. The molecule has 0 aliphatic rings. The molecule has 1 aromatic heterocycles. The lowest BCUT2D eigenvalue weighted by molar-refractivity contribution is 0.604. The van der Waals surface area contributed by atoms with Gasteiger partial charge >= 0.3 is 0 Å². The van der Waals surface area contributed by atoms with Crippen molar-refractivity contribution in [3.05, 3.63) is 34.1 Å². The lowest BCUT2D eigenvalue weighted by Gasteiger charge is -2.13. The molecule has 1 unspecified atom stereocenters. The predicted molar refractivity (Wildman–Crippen MR) is 73.3 cm³/mol. The van der Waals surface area contributed by atoms with Crippen LogP contribution in [0, 0.1) is 0 Å². The van der Waals surface area contributed by atoms with E-state index in [1.165, 1.54) is 5.57 Å². The Balaban J connectivity index is 2.68. The summed E-state index contributed by atoms with van der Waals surface area (Å²) in [5, 5.41) is 3.47. The number of halogens is 1. The Hall–Kier alpha value is -0.670. The van der Waals surface area contributed by atoms with E-state index in [9.17, 15) is 0 Å². The number of nitrogens with one attached hydrogen (secondary N) is 1. The van der Waals surface area contributed by atoms with E-state index in [1.54, 1.807) is 6.20 Å². The Morgan fingerprint density at radius 2 is 2.31 bits per heavy atom. The van der Waals surface area contributed by atoms with Gasteiger partial charge in [-0.2, -0.15) is 0 Å². The summed E-state index contributed by atoms with van der Waals surface area (Å²) in [5.74, 6) is 0. The largest absolute Gasteiger partial charge is 0.311 e. The van der Waals surface area contributed by atoms with Crippen LogP contribution in [0.15, 0.2) is 28.5 Å². The molecule has 0 fully saturated rings. The van der Waals surface area contributed by atoms with Crippen molar-refractivity contribution in [2.24, 2.45) is 0 Å². The summed E-state index contributed by atoms with van der Waals surface area (Å²) < 4.78 is 1.02. The third-order valence-corrected chi connectivity index (χ3v) is 2.94. The van der Waals surface area contributed by atoms with Crippen LogP contribution in [-0.4, -0.2) is 17.6 Å². The summed E-state index contributed by atoms with van der Waals surface area (Å²) in [7, 11) is 0. The molecule has 0 amide bonds. The minimum absolute atomic E-state index is 0.416. The molecule has 0 saturated heterocycles. The van der Waals surface area contributed by atoms with Gasteiger partial charge in [0.15, 0.2) is 0 Å². The highest BCUT2D eigenvalue weighted by molar-refractivity contribution is 9.10. The van der Waals surface area contributed by atoms with Crippen LogP contribution in [-0.2, 0) is 0 Å². The van der Waals surface area contributed by atoms with Crippen LogP contribution in [0.3, 0.4) is 0 Å². The SMILES string of the molecule is CCCNC(C)/C(C)=C/c1cncc(Br)c1. The third-order valence-electron chi connectivity index (χ3n) is 2.50. The summed E-state index contributed by atoms with van der Waals surface area (Å²) in [6.07, 6.45) is 7.01. The van der Waals surface area contributed by atoms with Gasteiger partial charge in [0, 0.05) is 22.9 Å². The molecule has 88 valence electrons. The monoisotopic (exact) mass is 282 g/mol. The second-order valence-corrected chi connectivity index (χ2v) is 4.92. The van der Waals surface area contributed by atoms with E-state index in [0.29, 0.717) is 6.04 Å². The van der Waals surface area contributed by atoms with Gasteiger partial charge in [0.25, 0.3) is 0 Å². The molecule has 0 bridgehead atoms. The molecule has 0 aliphatic heterocycles. The van der Waals surface area contributed by atoms with Crippen molar-refractivity contribution in [2.75, 3.05) is 6.54 Å². The number of rotatable bonds is 5. The fraction of sp³-hybridized carbons (Fsp3) is 0.462. The maximum Gasteiger partial charge on any atom is 0.0410 e. The molecule has 0 saturated carbocycles. The Morgan fingerprint density at radius 1 is 1.56 bits per heavy atom. The van der Waals surface area contributed by atoms with E-state index in [1.807, 2.05) is 6.20 Å². The van der Waals surface area contributed by atoms with Gasteiger partial charge < -0.3 is 5.32 Å². The van der Waals surface area contributed by atoms with Gasteiger partial charge in [-0.15, -0.1) is 0 Å².